The van der Waals surface area contributed by atoms with Gasteiger partial charge in [0.1, 0.15) is 0 Å². The lowest BCUT2D eigenvalue weighted by molar-refractivity contribution is 0.0634. The molecule has 2 atom stereocenters. The van der Waals surface area contributed by atoms with Gasteiger partial charge >= 0.3 is 0 Å². The molecule has 1 unspecified atom stereocenters. The van der Waals surface area contributed by atoms with Crippen molar-refractivity contribution in [3.63, 3.8) is 0 Å². The fourth-order valence-electron chi connectivity index (χ4n) is 5.13. The van der Waals surface area contributed by atoms with Crippen LogP contribution in [0, 0.1) is 11.8 Å². The number of carbonyl (C=O) groups is 1. The van der Waals surface area contributed by atoms with Gasteiger partial charge in [-0.3, -0.25) is 4.79 Å². The molecule has 0 radical (unpaired) electrons. The van der Waals surface area contributed by atoms with E-state index in [9.17, 15) is 4.79 Å². The number of nitrogens with one attached hydrogen (secondary N) is 2. The molecular weight excluding hydrogens is 286 g/mol. The van der Waals surface area contributed by atoms with Crippen LogP contribution in [-0.2, 0) is 7.05 Å². The van der Waals surface area contributed by atoms with E-state index in [1.165, 1.54) is 31.1 Å². The molecule has 4 heteroatoms. The molecular formula is C19H23N3O. The highest BCUT2D eigenvalue weighted by molar-refractivity contribution is 5.98. The van der Waals surface area contributed by atoms with Crippen LogP contribution in [-0.4, -0.2) is 28.6 Å². The van der Waals surface area contributed by atoms with Crippen LogP contribution in [0.5, 0.6) is 0 Å². The van der Waals surface area contributed by atoms with E-state index in [0.717, 1.165) is 23.5 Å². The molecule has 23 heavy (non-hydrogen) atoms. The highest BCUT2D eigenvalue weighted by Crippen LogP contribution is 2.51. The van der Waals surface area contributed by atoms with Crippen LogP contribution in [0.1, 0.15) is 36.0 Å². The zero-order chi connectivity index (χ0) is 15.6. The number of benzene rings is 1. The Labute approximate surface area is 136 Å². The first-order valence-electron chi connectivity index (χ1n) is 8.78. The first kappa shape index (κ1) is 13.6. The average Bonchev–Trinajstić information content (AvgIpc) is 3.28. The molecule has 1 spiro atoms. The molecule has 120 valence electrons. The zero-order valence-electron chi connectivity index (χ0n) is 13.5. The lowest BCUT2D eigenvalue weighted by atomic mass is 9.61. The minimum Gasteiger partial charge on any atom is -0.351 e. The SMILES string of the molecule is Cn1ccc2ccc(C(=O)NC3C4CCC(CC4)[C@@]34CN4)cc21. The van der Waals surface area contributed by atoms with Crippen molar-refractivity contribution in [3.05, 3.63) is 36.0 Å². The van der Waals surface area contributed by atoms with Gasteiger partial charge < -0.3 is 15.2 Å². The fraction of sp³-hybridized carbons (Fsp3) is 0.526. The van der Waals surface area contributed by atoms with Crippen LogP contribution in [0.2, 0.25) is 0 Å². The first-order chi connectivity index (χ1) is 11.2. The van der Waals surface area contributed by atoms with E-state index in [0.29, 0.717) is 12.0 Å². The Balaban J connectivity index is 1.43. The number of nitrogens with zero attached hydrogens (tertiary/aromatic N) is 1. The second-order valence-electron chi connectivity index (χ2n) is 7.66. The number of fused-ring (bicyclic) bond motifs is 3. The molecule has 1 saturated heterocycles. The van der Waals surface area contributed by atoms with Crippen LogP contribution >= 0.6 is 0 Å². The summed E-state index contributed by atoms with van der Waals surface area (Å²) in [6.45, 7) is 1.08. The Hall–Kier alpha value is -1.81. The number of aryl methyl sites for hydroxylation is 1. The summed E-state index contributed by atoms with van der Waals surface area (Å²) in [5.41, 5.74) is 2.10. The van der Waals surface area contributed by atoms with Gasteiger partial charge in [-0.15, -0.1) is 0 Å². The zero-order valence-corrected chi connectivity index (χ0v) is 13.5. The molecule has 2 N–H and O–H groups in total. The van der Waals surface area contributed by atoms with Gasteiger partial charge in [-0.25, -0.2) is 0 Å². The molecule has 2 aromatic rings. The van der Waals surface area contributed by atoms with Gasteiger partial charge in [-0.05, 0) is 61.1 Å². The van der Waals surface area contributed by atoms with Crippen molar-refractivity contribution in [2.45, 2.75) is 37.3 Å². The van der Waals surface area contributed by atoms with Crippen LogP contribution in [0.4, 0.5) is 0 Å². The van der Waals surface area contributed by atoms with Crippen LogP contribution in [0.3, 0.4) is 0 Å². The monoisotopic (exact) mass is 309 g/mol. The van der Waals surface area contributed by atoms with E-state index in [4.69, 9.17) is 0 Å². The van der Waals surface area contributed by atoms with Crippen molar-refractivity contribution < 1.29 is 4.79 Å². The first-order valence-corrected chi connectivity index (χ1v) is 8.78. The molecule has 6 rings (SSSR count). The summed E-state index contributed by atoms with van der Waals surface area (Å²) in [7, 11) is 2.02. The topological polar surface area (TPSA) is 56.0 Å². The number of aromatic nitrogens is 1. The third kappa shape index (κ3) is 1.91. The van der Waals surface area contributed by atoms with E-state index in [1.54, 1.807) is 0 Å². The fourth-order valence-corrected chi connectivity index (χ4v) is 5.13. The smallest absolute Gasteiger partial charge is 0.251 e. The van der Waals surface area contributed by atoms with Gasteiger partial charge in [0.2, 0.25) is 0 Å². The van der Waals surface area contributed by atoms with Crippen molar-refractivity contribution in [2.75, 3.05) is 6.54 Å². The minimum absolute atomic E-state index is 0.0822. The Morgan fingerprint density at radius 1 is 1.26 bits per heavy atom. The number of rotatable bonds is 2. The predicted molar refractivity (Wildman–Crippen MR) is 90.4 cm³/mol. The Morgan fingerprint density at radius 2 is 2.04 bits per heavy atom. The van der Waals surface area contributed by atoms with Gasteiger partial charge in [0.15, 0.2) is 0 Å². The average molecular weight is 309 g/mol. The van der Waals surface area contributed by atoms with E-state index < -0.39 is 0 Å². The van der Waals surface area contributed by atoms with E-state index >= 15 is 0 Å². The summed E-state index contributed by atoms with van der Waals surface area (Å²) in [5, 5.41) is 8.17. The summed E-state index contributed by atoms with van der Waals surface area (Å²) in [6, 6.07) is 8.40. The molecule has 2 bridgehead atoms. The third-order valence-corrected chi connectivity index (χ3v) is 6.55. The van der Waals surface area contributed by atoms with Gasteiger partial charge in [-0.1, -0.05) is 6.07 Å². The highest BCUT2D eigenvalue weighted by Gasteiger charge is 2.61. The Morgan fingerprint density at radius 3 is 2.78 bits per heavy atom. The maximum absolute atomic E-state index is 12.8. The Kier molecular flexibility index (Phi) is 2.72. The molecule has 1 aromatic carbocycles. The van der Waals surface area contributed by atoms with Crippen molar-refractivity contribution in [1.82, 2.24) is 15.2 Å². The molecule has 1 amide bonds. The number of amides is 1. The maximum atomic E-state index is 12.8. The lowest BCUT2D eigenvalue weighted by Gasteiger charge is -2.48. The standard InChI is InChI=1S/C19H23N3O/c1-22-9-8-12-2-3-14(10-16(12)22)18(23)21-17-13-4-6-15(7-5-13)19(17)11-20-19/h2-3,8-10,13,15,17,20H,4-7,11H2,1H3,(H,21,23)/t13?,15?,17?,19-/m0/s1. The van der Waals surface area contributed by atoms with Crippen molar-refractivity contribution >= 4 is 16.8 Å². The summed E-state index contributed by atoms with van der Waals surface area (Å²) in [4.78, 5) is 12.8. The summed E-state index contributed by atoms with van der Waals surface area (Å²) in [6.07, 6.45) is 7.25. The van der Waals surface area contributed by atoms with Gasteiger partial charge in [0, 0.05) is 30.9 Å². The summed E-state index contributed by atoms with van der Waals surface area (Å²) in [5.74, 6) is 1.49. The van der Waals surface area contributed by atoms with Crippen LogP contribution in [0.25, 0.3) is 10.9 Å². The van der Waals surface area contributed by atoms with Crippen LogP contribution in [0.15, 0.2) is 30.5 Å². The number of carbonyl (C=O) groups excluding carboxylic acids is 1. The minimum atomic E-state index is 0.0822. The molecule has 1 aromatic heterocycles. The highest BCUT2D eigenvalue weighted by atomic mass is 16.1. The van der Waals surface area contributed by atoms with Crippen LogP contribution < -0.4 is 10.6 Å². The summed E-state index contributed by atoms with van der Waals surface area (Å²) >= 11 is 0. The van der Waals surface area contributed by atoms with E-state index in [2.05, 4.69) is 21.3 Å². The Bertz CT molecular complexity index is 781. The molecule has 2 heterocycles. The quantitative estimate of drug-likeness (QED) is 0.837. The molecule has 3 aliphatic carbocycles. The number of hydrogen-bond donors (Lipinski definition) is 2. The number of hydrogen-bond acceptors (Lipinski definition) is 2. The molecule has 3 saturated carbocycles. The van der Waals surface area contributed by atoms with E-state index in [-0.39, 0.29) is 11.4 Å². The molecule has 4 fully saturated rings. The summed E-state index contributed by atoms with van der Waals surface area (Å²) < 4.78 is 2.07. The second kappa shape index (κ2) is 4.60. The maximum Gasteiger partial charge on any atom is 0.251 e. The van der Waals surface area contributed by atoms with Crippen molar-refractivity contribution in [3.8, 4) is 0 Å². The van der Waals surface area contributed by atoms with Gasteiger partial charge in [-0.2, -0.15) is 0 Å². The molecule has 1 aliphatic heterocycles. The van der Waals surface area contributed by atoms with Gasteiger partial charge in [0.05, 0.1) is 11.6 Å². The van der Waals surface area contributed by atoms with Gasteiger partial charge in [0.25, 0.3) is 5.91 Å². The van der Waals surface area contributed by atoms with E-state index in [1.807, 2.05) is 31.4 Å². The van der Waals surface area contributed by atoms with Crippen molar-refractivity contribution in [2.24, 2.45) is 18.9 Å². The second-order valence-corrected chi connectivity index (χ2v) is 7.66. The largest absolute Gasteiger partial charge is 0.351 e. The normalized spacial score (nSPS) is 34.9. The lowest BCUT2D eigenvalue weighted by Crippen LogP contribution is -2.60. The van der Waals surface area contributed by atoms with Crippen molar-refractivity contribution in [1.29, 1.82) is 0 Å². The molecule has 4 nitrogen and oxygen atoms in total. The predicted octanol–water partition coefficient (Wildman–Crippen LogP) is 2.44. The molecule has 4 aliphatic rings. The third-order valence-electron chi connectivity index (χ3n) is 6.55.